The number of anilines is 2. The third-order valence-electron chi connectivity index (χ3n) is 4.62. The zero-order valence-corrected chi connectivity index (χ0v) is 16.4. The van der Waals surface area contributed by atoms with Crippen molar-refractivity contribution in [2.75, 3.05) is 5.32 Å². The topological polar surface area (TPSA) is 37.8 Å². The van der Waals surface area contributed by atoms with E-state index in [-0.39, 0.29) is 0 Å². The molecule has 5 rings (SSSR count). The zero-order valence-electron chi connectivity index (χ0n) is 14.8. The highest BCUT2D eigenvalue weighted by Crippen LogP contribution is 2.32. The predicted octanol–water partition coefficient (Wildman–Crippen LogP) is 6.88. The van der Waals surface area contributed by atoms with Crippen LogP contribution in [0.4, 0.5) is 10.3 Å². The lowest BCUT2D eigenvalue weighted by atomic mass is 10.1. The first kappa shape index (κ1) is 16.4. The van der Waals surface area contributed by atoms with E-state index >= 15 is 0 Å². The lowest BCUT2D eigenvalue weighted by molar-refractivity contribution is 1.15. The van der Waals surface area contributed by atoms with Gasteiger partial charge in [0, 0.05) is 10.9 Å². The number of fused-ring (bicyclic) bond motifs is 2. The molecule has 0 amide bonds. The molecule has 0 bridgehead atoms. The van der Waals surface area contributed by atoms with Gasteiger partial charge in [0.25, 0.3) is 0 Å². The van der Waals surface area contributed by atoms with Crippen LogP contribution in [0.2, 0.25) is 0 Å². The molecule has 0 atom stereocenters. The Balaban J connectivity index is 1.43. The summed E-state index contributed by atoms with van der Waals surface area (Å²) in [6, 6.07) is 21.3. The highest BCUT2D eigenvalue weighted by Gasteiger charge is 2.09. The molecule has 3 aromatic carbocycles. The fraction of sp³-hybridized carbons (Fsp3) is 0.0909. The van der Waals surface area contributed by atoms with Crippen molar-refractivity contribution in [2.24, 2.45) is 0 Å². The highest BCUT2D eigenvalue weighted by atomic mass is 32.1. The van der Waals surface area contributed by atoms with Crippen molar-refractivity contribution in [3.63, 3.8) is 0 Å². The van der Waals surface area contributed by atoms with Crippen LogP contribution in [0.15, 0.2) is 66.0 Å². The molecule has 2 aromatic heterocycles. The molecule has 2 heterocycles. The van der Waals surface area contributed by atoms with Crippen LogP contribution in [0.25, 0.3) is 32.2 Å². The molecule has 5 aromatic rings. The van der Waals surface area contributed by atoms with Gasteiger partial charge in [-0.25, -0.2) is 9.97 Å². The average molecular weight is 388 g/mol. The molecular formula is C22H17N3S2. The van der Waals surface area contributed by atoms with Gasteiger partial charge in [0.15, 0.2) is 10.3 Å². The van der Waals surface area contributed by atoms with Crippen molar-refractivity contribution in [2.45, 2.75) is 13.3 Å². The van der Waals surface area contributed by atoms with Crippen molar-refractivity contribution in [1.82, 2.24) is 9.97 Å². The van der Waals surface area contributed by atoms with Crippen LogP contribution in [-0.2, 0) is 6.42 Å². The van der Waals surface area contributed by atoms with Crippen LogP contribution in [-0.4, -0.2) is 9.97 Å². The molecule has 0 aliphatic heterocycles. The number of aryl methyl sites for hydroxylation is 1. The van der Waals surface area contributed by atoms with Gasteiger partial charge in [-0.1, -0.05) is 60.7 Å². The molecule has 0 radical (unpaired) electrons. The third kappa shape index (κ3) is 3.20. The lowest BCUT2D eigenvalue weighted by Gasteiger charge is -2.01. The second-order valence-corrected chi connectivity index (χ2v) is 8.29. The van der Waals surface area contributed by atoms with E-state index in [0.717, 1.165) is 33.5 Å². The Morgan fingerprint density at radius 3 is 2.67 bits per heavy atom. The molecule has 132 valence electrons. The van der Waals surface area contributed by atoms with Gasteiger partial charge in [-0.3, -0.25) is 0 Å². The molecule has 0 spiro atoms. The van der Waals surface area contributed by atoms with Crippen LogP contribution in [0.5, 0.6) is 0 Å². The minimum absolute atomic E-state index is 0.868. The smallest absolute Gasteiger partial charge is 0.190 e. The maximum absolute atomic E-state index is 4.76. The Hall–Kier alpha value is -2.76. The molecular weight excluding hydrogens is 370 g/mol. The van der Waals surface area contributed by atoms with Crippen molar-refractivity contribution in [1.29, 1.82) is 0 Å². The average Bonchev–Trinajstić information content (AvgIpc) is 3.33. The minimum Gasteiger partial charge on any atom is -0.307 e. The summed E-state index contributed by atoms with van der Waals surface area (Å²) in [5, 5.41) is 9.70. The van der Waals surface area contributed by atoms with Crippen LogP contribution in [0.3, 0.4) is 0 Å². The van der Waals surface area contributed by atoms with Crippen LogP contribution >= 0.6 is 22.7 Å². The number of thiazole rings is 2. The molecule has 0 aliphatic rings. The summed E-state index contributed by atoms with van der Waals surface area (Å²) in [4.78, 5) is 9.44. The Bertz CT molecular complexity index is 1250. The zero-order chi connectivity index (χ0) is 18.2. The summed E-state index contributed by atoms with van der Waals surface area (Å²) < 4.78 is 1.21. The summed E-state index contributed by atoms with van der Waals surface area (Å²) in [6.45, 7) is 2.17. The van der Waals surface area contributed by atoms with E-state index in [2.05, 4.69) is 83.3 Å². The fourth-order valence-electron chi connectivity index (χ4n) is 3.15. The van der Waals surface area contributed by atoms with Crippen molar-refractivity contribution >= 4 is 53.9 Å². The van der Waals surface area contributed by atoms with Gasteiger partial charge in [0.1, 0.15) is 0 Å². The van der Waals surface area contributed by atoms with Crippen LogP contribution in [0, 0.1) is 0 Å². The Morgan fingerprint density at radius 1 is 0.889 bits per heavy atom. The summed E-state index contributed by atoms with van der Waals surface area (Å²) >= 11 is 3.28. The maximum atomic E-state index is 4.76. The number of hydrogen-bond donors (Lipinski definition) is 1. The largest absolute Gasteiger partial charge is 0.307 e. The Kier molecular flexibility index (Phi) is 4.11. The van der Waals surface area contributed by atoms with Crippen LogP contribution in [0.1, 0.15) is 12.5 Å². The quantitative estimate of drug-likeness (QED) is 0.365. The van der Waals surface area contributed by atoms with Gasteiger partial charge in [-0.2, -0.15) is 0 Å². The molecule has 1 N–H and O–H groups in total. The molecule has 0 saturated heterocycles. The number of nitrogens with zero attached hydrogens (tertiary/aromatic N) is 2. The molecule has 0 unspecified atom stereocenters. The first-order valence-electron chi connectivity index (χ1n) is 8.90. The number of nitrogens with one attached hydrogen (secondary N) is 1. The van der Waals surface area contributed by atoms with E-state index < -0.39 is 0 Å². The Labute approximate surface area is 165 Å². The highest BCUT2D eigenvalue weighted by molar-refractivity contribution is 7.22. The molecule has 0 aliphatic carbocycles. The number of hydrogen-bond acceptors (Lipinski definition) is 5. The number of benzene rings is 3. The fourth-order valence-corrected chi connectivity index (χ4v) is 4.86. The van der Waals surface area contributed by atoms with E-state index in [0.29, 0.717) is 0 Å². The normalized spacial score (nSPS) is 11.3. The van der Waals surface area contributed by atoms with E-state index in [9.17, 15) is 0 Å². The summed E-state index contributed by atoms with van der Waals surface area (Å²) in [5.41, 5.74) is 4.49. The maximum Gasteiger partial charge on any atom is 0.190 e. The summed E-state index contributed by atoms with van der Waals surface area (Å²) in [6.07, 6.45) is 1.04. The SMILES string of the molecule is CCc1ccc2nc(Nc3nc(-c4ccc5ccccc5c4)cs3)sc2c1. The standard InChI is InChI=1S/C22H17N3S2/c1-2-14-7-10-18-20(11-14)27-22(23-18)25-21-24-19(13-26-21)17-9-8-15-5-3-4-6-16(15)12-17/h3-13H,2H2,1H3,(H,23,24,25). The molecule has 5 heteroatoms. The van der Waals surface area contributed by atoms with Gasteiger partial charge in [0.2, 0.25) is 0 Å². The van der Waals surface area contributed by atoms with E-state index in [1.54, 1.807) is 22.7 Å². The summed E-state index contributed by atoms with van der Waals surface area (Å²) in [5.74, 6) is 0. The molecule has 0 saturated carbocycles. The molecule has 27 heavy (non-hydrogen) atoms. The number of aromatic nitrogens is 2. The number of rotatable bonds is 4. The van der Waals surface area contributed by atoms with Gasteiger partial charge in [0.05, 0.1) is 15.9 Å². The van der Waals surface area contributed by atoms with Gasteiger partial charge in [-0.15, -0.1) is 11.3 Å². The minimum atomic E-state index is 0.868. The van der Waals surface area contributed by atoms with Crippen molar-refractivity contribution in [3.8, 4) is 11.3 Å². The van der Waals surface area contributed by atoms with Crippen molar-refractivity contribution < 1.29 is 0 Å². The van der Waals surface area contributed by atoms with Crippen LogP contribution < -0.4 is 5.32 Å². The third-order valence-corrected chi connectivity index (χ3v) is 6.32. The van der Waals surface area contributed by atoms with Gasteiger partial charge >= 0.3 is 0 Å². The van der Waals surface area contributed by atoms with E-state index in [1.165, 1.54) is 21.0 Å². The van der Waals surface area contributed by atoms with E-state index in [4.69, 9.17) is 4.98 Å². The second-order valence-electron chi connectivity index (χ2n) is 6.40. The monoisotopic (exact) mass is 387 g/mol. The first-order chi connectivity index (χ1) is 13.3. The predicted molar refractivity (Wildman–Crippen MR) is 117 cm³/mol. The first-order valence-corrected chi connectivity index (χ1v) is 10.6. The van der Waals surface area contributed by atoms with Crippen molar-refractivity contribution in [3.05, 3.63) is 71.6 Å². The lowest BCUT2D eigenvalue weighted by Crippen LogP contribution is -1.88. The molecule has 3 nitrogen and oxygen atoms in total. The summed E-state index contributed by atoms with van der Waals surface area (Å²) in [7, 11) is 0. The van der Waals surface area contributed by atoms with E-state index in [1.807, 2.05) is 0 Å². The molecule has 0 fully saturated rings. The second kappa shape index (κ2) is 6.76. The van der Waals surface area contributed by atoms with Gasteiger partial charge < -0.3 is 5.32 Å². The Morgan fingerprint density at radius 2 is 1.78 bits per heavy atom. The van der Waals surface area contributed by atoms with Gasteiger partial charge in [-0.05, 0) is 41.0 Å².